The Balaban J connectivity index is 2.85. The van der Waals surface area contributed by atoms with Gasteiger partial charge in [0.05, 0.1) is 8.62 Å². The van der Waals surface area contributed by atoms with Gasteiger partial charge in [-0.05, 0) is 34.7 Å². The summed E-state index contributed by atoms with van der Waals surface area (Å²) in [7, 11) is 0. The van der Waals surface area contributed by atoms with E-state index in [1.807, 2.05) is 12.1 Å². The number of hydrogen-bond acceptors (Lipinski definition) is 2. The molecule has 2 aromatic rings. The summed E-state index contributed by atoms with van der Waals surface area (Å²) in [6.45, 7) is 0. The molecule has 72 valence electrons. The Kier molecular flexibility index (Phi) is 2.48. The average molecular weight is 367 g/mol. The number of aromatic nitrogens is 1. The van der Waals surface area contributed by atoms with Crippen molar-refractivity contribution in [1.82, 2.24) is 4.98 Å². The molecule has 0 aliphatic rings. The van der Waals surface area contributed by atoms with Crippen LogP contribution in [0.25, 0.3) is 10.9 Å². The third-order valence-corrected chi connectivity index (χ3v) is 2.88. The molecule has 0 saturated heterocycles. The van der Waals surface area contributed by atoms with Crippen molar-refractivity contribution in [3.05, 3.63) is 36.5 Å². The molecule has 0 bridgehead atoms. The molecule has 4 nitrogen and oxygen atoms in total. The van der Waals surface area contributed by atoms with Gasteiger partial charge in [-0.3, -0.25) is 10.1 Å². The number of halogens is 2. The first kappa shape index (κ1) is 9.91. The molecular formula is C8H4BrIN2O2. The molecule has 6 heteroatoms. The number of nitrogens with zero attached hydrogens (tertiary/aromatic N) is 1. The Morgan fingerprint density at radius 2 is 2.14 bits per heavy atom. The van der Waals surface area contributed by atoms with Gasteiger partial charge >= 0.3 is 0 Å². The molecule has 0 radical (unpaired) electrons. The molecule has 0 aliphatic heterocycles. The largest absolute Gasteiger partial charge is 0.344 e. The maximum absolute atomic E-state index is 10.7. The van der Waals surface area contributed by atoms with Crippen molar-refractivity contribution in [2.45, 2.75) is 0 Å². The lowest BCUT2D eigenvalue weighted by molar-refractivity contribution is -0.383. The van der Waals surface area contributed by atoms with Gasteiger partial charge < -0.3 is 4.98 Å². The normalized spacial score (nSPS) is 10.7. The van der Waals surface area contributed by atoms with Gasteiger partial charge in [0.15, 0.2) is 0 Å². The number of hydrogen-bond donors (Lipinski definition) is 1. The molecule has 0 fully saturated rings. The molecule has 0 amide bonds. The minimum atomic E-state index is -0.389. The smallest absolute Gasteiger partial charge is 0.294 e. The van der Waals surface area contributed by atoms with Gasteiger partial charge in [-0.1, -0.05) is 15.9 Å². The summed E-state index contributed by atoms with van der Waals surface area (Å²) in [5, 5.41) is 11.6. The average Bonchev–Trinajstić information content (AvgIpc) is 2.42. The van der Waals surface area contributed by atoms with E-state index in [1.54, 1.807) is 0 Å². The number of benzene rings is 1. The molecule has 1 N–H and O–H groups in total. The van der Waals surface area contributed by atoms with Crippen LogP contribution in [0.4, 0.5) is 5.69 Å². The van der Waals surface area contributed by atoms with Crippen molar-refractivity contribution in [2.24, 2.45) is 0 Å². The van der Waals surface area contributed by atoms with E-state index in [-0.39, 0.29) is 10.6 Å². The van der Waals surface area contributed by atoms with Crippen LogP contribution in [0, 0.1) is 13.8 Å². The second-order valence-electron chi connectivity index (χ2n) is 2.76. The van der Waals surface area contributed by atoms with E-state index in [4.69, 9.17) is 0 Å². The zero-order chi connectivity index (χ0) is 10.3. The van der Waals surface area contributed by atoms with E-state index in [1.165, 1.54) is 6.07 Å². The maximum Gasteiger partial charge on any atom is 0.294 e. The minimum absolute atomic E-state index is 0.0947. The highest BCUT2D eigenvalue weighted by Gasteiger charge is 2.14. The number of nitro groups is 1. The van der Waals surface area contributed by atoms with E-state index in [0.717, 1.165) is 9.09 Å². The fourth-order valence-corrected chi connectivity index (χ4v) is 2.37. The Morgan fingerprint density at radius 1 is 1.43 bits per heavy atom. The number of fused-ring (bicyclic) bond motifs is 1. The highest BCUT2D eigenvalue weighted by molar-refractivity contribution is 14.1. The topological polar surface area (TPSA) is 58.9 Å². The van der Waals surface area contributed by atoms with Crippen LogP contribution in [0.1, 0.15) is 0 Å². The van der Waals surface area contributed by atoms with Crippen LogP contribution in [0.2, 0.25) is 0 Å². The highest BCUT2D eigenvalue weighted by Crippen LogP contribution is 2.30. The second kappa shape index (κ2) is 3.50. The number of non-ortho nitro benzene ring substituents is 1. The van der Waals surface area contributed by atoms with Crippen LogP contribution in [-0.2, 0) is 0 Å². The van der Waals surface area contributed by atoms with Crippen LogP contribution < -0.4 is 0 Å². The van der Waals surface area contributed by atoms with Crippen molar-refractivity contribution >= 4 is 55.1 Å². The summed E-state index contributed by atoms with van der Waals surface area (Å²) in [4.78, 5) is 13.3. The Labute approximate surface area is 101 Å². The van der Waals surface area contributed by atoms with Crippen molar-refractivity contribution in [1.29, 1.82) is 0 Å². The number of nitro benzene ring substituents is 1. The molecule has 1 aromatic carbocycles. The summed E-state index contributed by atoms with van der Waals surface area (Å²) in [5.74, 6) is 0. The number of aromatic amines is 1. The zero-order valence-electron chi connectivity index (χ0n) is 6.75. The van der Waals surface area contributed by atoms with Crippen molar-refractivity contribution in [2.75, 3.05) is 0 Å². The Hall–Kier alpha value is -0.630. The molecule has 0 spiro atoms. The monoisotopic (exact) mass is 366 g/mol. The third kappa shape index (κ3) is 1.63. The fraction of sp³-hybridized carbons (Fsp3) is 0. The standard InChI is InChI=1S/C8H4BrIN2O2/c9-5-1-4-2-7(10)11-8(4)6(3-5)12(13)14/h1-3,11H. The van der Waals surface area contributed by atoms with Gasteiger partial charge in [0.2, 0.25) is 0 Å². The van der Waals surface area contributed by atoms with Crippen molar-refractivity contribution in [3.8, 4) is 0 Å². The van der Waals surface area contributed by atoms with Gasteiger partial charge in [0.25, 0.3) is 5.69 Å². The number of nitrogens with one attached hydrogen (secondary N) is 1. The second-order valence-corrected chi connectivity index (χ2v) is 4.84. The minimum Gasteiger partial charge on any atom is -0.344 e. The lowest BCUT2D eigenvalue weighted by Gasteiger charge is -1.95. The summed E-state index contributed by atoms with van der Waals surface area (Å²) < 4.78 is 1.60. The number of rotatable bonds is 1. The van der Waals surface area contributed by atoms with Crippen molar-refractivity contribution in [3.63, 3.8) is 0 Å². The molecule has 0 atom stereocenters. The van der Waals surface area contributed by atoms with Gasteiger partial charge in [0, 0.05) is 15.9 Å². The van der Waals surface area contributed by atoms with Gasteiger partial charge in [-0.25, -0.2) is 0 Å². The third-order valence-electron chi connectivity index (χ3n) is 1.84. The Bertz CT molecular complexity index is 523. The Morgan fingerprint density at radius 3 is 2.79 bits per heavy atom. The summed E-state index contributed by atoms with van der Waals surface area (Å²) in [5.41, 5.74) is 0.667. The van der Waals surface area contributed by atoms with E-state index in [9.17, 15) is 10.1 Å². The van der Waals surface area contributed by atoms with Crippen molar-refractivity contribution < 1.29 is 4.92 Å². The predicted octanol–water partition coefficient (Wildman–Crippen LogP) is 3.44. The van der Waals surface area contributed by atoms with Crippen LogP contribution in [0.3, 0.4) is 0 Å². The molecule has 2 rings (SSSR count). The number of H-pyrrole nitrogens is 1. The maximum atomic E-state index is 10.7. The molecular weight excluding hydrogens is 363 g/mol. The van der Waals surface area contributed by atoms with Crippen LogP contribution in [0.15, 0.2) is 22.7 Å². The fourth-order valence-electron chi connectivity index (χ4n) is 1.30. The first-order chi connectivity index (χ1) is 6.58. The summed E-state index contributed by atoms with van der Waals surface area (Å²) >= 11 is 5.33. The molecule has 1 aromatic heterocycles. The molecule has 1 heterocycles. The van der Waals surface area contributed by atoms with E-state index >= 15 is 0 Å². The predicted molar refractivity (Wildman–Crippen MR) is 65.4 cm³/mol. The molecule has 0 aliphatic carbocycles. The molecule has 0 unspecified atom stereocenters. The van der Waals surface area contributed by atoms with E-state index < -0.39 is 0 Å². The van der Waals surface area contributed by atoms with E-state index in [0.29, 0.717) is 9.99 Å². The summed E-state index contributed by atoms with van der Waals surface area (Å²) in [6.07, 6.45) is 0. The first-order valence-electron chi connectivity index (χ1n) is 3.70. The molecule has 0 saturated carbocycles. The quantitative estimate of drug-likeness (QED) is 0.477. The van der Waals surface area contributed by atoms with Gasteiger partial charge in [-0.2, -0.15) is 0 Å². The van der Waals surface area contributed by atoms with Gasteiger partial charge in [-0.15, -0.1) is 0 Å². The summed E-state index contributed by atoms with van der Waals surface area (Å²) in [6, 6.07) is 5.21. The van der Waals surface area contributed by atoms with Crippen LogP contribution in [-0.4, -0.2) is 9.91 Å². The lowest BCUT2D eigenvalue weighted by atomic mass is 10.2. The lowest BCUT2D eigenvalue weighted by Crippen LogP contribution is -1.89. The highest BCUT2D eigenvalue weighted by atomic mass is 127. The molecule has 14 heavy (non-hydrogen) atoms. The SMILES string of the molecule is O=[N+]([O-])c1cc(Br)cc2cc(I)[nH]c12. The van der Waals surface area contributed by atoms with Crippen LogP contribution in [0.5, 0.6) is 0 Å². The van der Waals surface area contributed by atoms with E-state index in [2.05, 4.69) is 43.5 Å². The zero-order valence-corrected chi connectivity index (χ0v) is 10.5. The first-order valence-corrected chi connectivity index (χ1v) is 5.57. The van der Waals surface area contributed by atoms with Gasteiger partial charge in [0.1, 0.15) is 5.52 Å². The van der Waals surface area contributed by atoms with Crippen LogP contribution >= 0.6 is 38.5 Å².